The van der Waals surface area contributed by atoms with Crippen molar-refractivity contribution in [3.63, 3.8) is 0 Å². The lowest BCUT2D eigenvalue weighted by atomic mass is 10.1. The molecule has 14 heavy (non-hydrogen) atoms. The Morgan fingerprint density at radius 3 is 3.21 bits per heavy atom. The summed E-state index contributed by atoms with van der Waals surface area (Å²) < 4.78 is 1.84. The van der Waals surface area contributed by atoms with Crippen molar-refractivity contribution in [3.8, 4) is 0 Å². The van der Waals surface area contributed by atoms with Crippen LogP contribution in [0.3, 0.4) is 0 Å². The number of alkyl halides is 1. The molecule has 4 nitrogen and oxygen atoms in total. The molecule has 6 heteroatoms. The van der Waals surface area contributed by atoms with Gasteiger partial charge in [-0.15, -0.1) is 16.7 Å². The Morgan fingerprint density at radius 1 is 1.71 bits per heavy atom. The number of rotatable bonds is 3. The molecule has 1 aliphatic rings. The molecule has 1 aromatic rings. The molecular weight excluding hydrogens is 220 g/mol. The summed E-state index contributed by atoms with van der Waals surface area (Å²) in [7, 11) is 0. The van der Waals surface area contributed by atoms with Crippen LogP contribution >= 0.6 is 23.4 Å². The van der Waals surface area contributed by atoms with Gasteiger partial charge in [-0.1, -0.05) is 0 Å². The molecule has 0 bridgehead atoms. The Kier molecular flexibility index (Phi) is 3.28. The zero-order chi connectivity index (χ0) is 9.97. The van der Waals surface area contributed by atoms with Crippen LogP contribution in [0.15, 0.2) is 0 Å². The summed E-state index contributed by atoms with van der Waals surface area (Å²) in [6.07, 6.45) is 1.26. The number of tetrazole rings is 1. The van der Waals surface area contributed by atoms with Crippen molar-refractivity contribution in [2.75, 3.05) is 11.5 Å². The third-order valence-electron chi connectivity index (χ3n) is 2.37. The summed E-state index contributed by atoms with van der Waals surface area (Å²) >= 11 is 7.97. The maximum Gasteiger partial charge on any atom is 0.168 e. The fourth-order valence-corrected chi connectivity index (χ4v) is 3.03. The van der Waals surface area contributed by atoms with Gasteiger partial charge in [-0.3, -0.25) is 0 Å². The van der Waals surface area contributed by atoms with Gasteiger partial charge < -0.3 is 0 Å². The van der Waals surface area contributed by atoms with Crippen molar-refractivity contribution in [1.82, 2.24) is 20.2 Å². The van der Waals surface area contributed by atoms with Gasteiger partial charge in [0.05, 0.1) is 5.38 Å². The molecule has 0 amide bonds. The van der Waals surface area contributed by atoms with E-state index in [0.717, 1.165) is 12.4 Å². The van der Waals surface area contributed by atoms with Gasteiger partial charge in [0.15, 0.2) is 5.82 Å². The lowest BCUT2D eigenvalue weighted by Crippen LogP contribution is -2.14. The first-order valence-corrected chi connectivity index (χ1v) is 6.34. The van der Waals surface area contributed by atoms with Crippen LogP contribution < -0.4 is 0 Å². The Morgan fingerprint density at radius 2 is 2.57 bits per heavy atom. The molecule has 78 valence electrons. The van der Waals surface area contributed by atoms with Crippen LogP contribution in [0.4, 0.5) is 0 Å². The monoisotopic (exact) mass is 232 g/mol. The average Bonchev–Trinajstić information content (AvgIpc) is 2.75. The first-order valence-electron chi connectivity index (χ1n) is 4.75. The van der Waals surface area contributed by atoms with Crippen molar-refractivity contribution in [2.24, 2.45) is 5.92 Å². The third kappa shape index (κ3) is 2.20. The van der Waals surface area contributed by atoms with E-state index in [0.29, 0.717) is 5.92 Å². The van der Waals surface area contributed by atoms with Gasteiger partial charge in [0.2, 0.25) is 0 Å². The van der Waals surface area contributed by atoms with Crippen molar-refractivity contribution in [1.29, 1.82) is 0 Å². The molecule has 0 spiro atoms. The van der Waals surface area contributed by atoms with Crippen LogP contribution in [0.25, 0.3) is 0 Å². The van der Waals surface area contributed by atoms with Gasteiger partial charge in [-0.25, -0.2) is 4.68 Å². The molecule has 2 heterocycles. The van der Waals surface area contributed by atoms with Crippen LogP contribution in [-0.2, 0) is 6.54 Å². The Hall–Kier alpha value is -0.290. The Balaban J connectivity index is 2.04. The first-order chi connectivity index (χ1) is 6.77. The van der Waals surface area contributed by atoms with Crippen molar-refractivity contribution in [3.05, 3.63) is 5.82 Å². The minimum Gasteiger partial charge on any atom is -0.228 e. The van der Waals surface area contributed by atoms with Crippen molar-refractivity contribution < 1.29 is 0 Å². The van der Waals surface area contributed by atoms with Crippen molar-refractivity contribution in [2.45, 2.75) is 25.3 Å². The molecule has 0 saturated carbocycles. The van der Waals surface area contributed by atoms with E-state index in [4.69, 9.17) is 11.6 Å². The maximum atomic E-state index is 5.97. The molecule has 1 aliphatic heterocycles. The molecule has 0 aromatic carbocycles. The van der Waals surface area contributed by atoms with Gasteiger partial charge in [-0.05, 0) is 41.2 Å². The van der Waals surface area contributed by atoms with Crippen LogP contribution in [0.1, 0.15) is 24.5 Å². The Bertz CT molecular complexity index is 295. The molecular formula is C8H13ClN4S. The minimum absolute atomic E-state index is 0.112. The predicted molar refractivity (Wildman–Crippen MR) is 57.5 cm³/mol. The van der Waals surface area contributed by atoms with Crippen LogP contribution in [-0.4, -0.2) is 31.7 Å². The average molecular weight is 233 g/mol. The molecule has 2 rings (SSSR count). The summed E-state index contributed by atoms with van der Waals surface area (Å²) in [5, 5.41) is 11.4. The smallest absolute Gasteiger partial charge is 0.168 e. The second-order valence-electron chi connectivity index (χ2n) is 3.56. The van der Waals surface area contributed by atoms with E-state index in [1.807, 2.05) is 23.4 Å². The standard InChI is InChI=1S/C8H13ClN4S/c1-6(9)8-10-11-12-13(8)4-7-2-3-14-5-7/h6-7H,2-5H2,1H3. The molecule has 0 aliphatic carbocycles. The lowest BCUT2D eigenvalue weighted by Gasteiger charge is -2.09. The largest absolute Gasteiger partial charge is 0.228 e. The molecule has 1 saturated heterocycles. The van der Waals surface area contributed by atoms with Gasteiger partial charge in [0.25, 0.3) is 0 Å². The molecule has 0 N–H and O–H groups in total. The van der Waals surface area contributed by atoms with E-state index in [1.165, 1.54) is 17.9 Å². The number of hydrogen-bond donors (Lipinski definition) is 0. The molecule has 2 unspecified atom stereocenters. The van der Waals surface area contributed by atoms with E-state index >= 15 is 0 Å². The highest BCUT2D eigenvalue weighted by atomic mass is 35.5. The fraction of sp³-hybridized carbons (Fsp3) is 0.875. The minimum atomic E-state index is -0.112. The van der Waals surface area contributed by atoms with E-state index in [-0.39, 0.29) is 5.38 Å². The number of aromatic nitrogens is 4. The zero-order valence-electron chi connectivity index (χ0n) is 8.06. The van der Waals surface area contributed by atoms with Crippen LogP contribution in [0.5, 0.6) is 0 Å². The van der Waals surface area contributed by atoms with E-state index in [1.54, 1.807) is 0 Å². The SMILES string of the molecule is CC(Cl)c1nnnn1CC1CCSC1. The highest BCUT2D eigenvalue weighted by Crippen LogP contribution is 2.25. The first kappa shape index (κ1) is 10.2. The summed E-state index contributed by atoms with van der Waals surface area (Å²) in [6.45, 7) is 2.81. The van der Waals surface area contributed by atoms with Crippen LogP contribution in [0.2, 0.25) is 0 Å². The summed E-state index contributed by atoms with van der Waals surface area (Å²) in [5.74, 6) is 3.97. The number of halogens is 1. The number of nitrogens with zero attached hydrogens (tertiary/aromatic N) is 4. The summed E-state index contributed by atoms with van der Waals surface area (Å²) in [6, 6.07) is 0. The quantitative estimate of drug-likeness (QED) is 0.745. The predicted octanol–water partition coefficient (Wildman–Crippen LogP) is 1.73. The van der Waals surface area contributed by atoms with E-state index < -0.39 is 0 Å². The van der Waals surface area contributed by atoms with E-state index in [9.17, 15) is 0 Å². The molecule has 1 fully saturated rings. The molecule has 1 aromatic heterocycles. The number of hydrogen-bond acceptors (Lipinski definition) is 4. The topological polar surface area (TPSA) is 43.6 Å². The Labute approximate surface area is 92.4 Å². The second-order valence-corrected chi connectivity index (χ2v) is 5.37. The lowest BCUT2D eigenvalue weighted by molar-refractivity contribution is 0.438. The number of thioether (sulfide) groups is 1. The second kappa shape index (κ2) is 4.49. The molecule has 2 atom stereocenters. The van der Waals surface area contributed by atoms with Gasteiger partial charge in [0.1, 0.15) is 0 Å². The summed E-state index contributed by atoms with van der Waals surface area (Å²) in [5.41, 5.74) is 0. The normalized spacial score (nSPS) is 24.0. The van der Waals surface area contributed by atoms with Crippen molar-refractivity contribution >= 4 is 23.4 Å². The molecule has 0 radical (unpaired) electrons. The van der Waals surface area contributed by atoms with Gasteiger partial charge in [0, 0.05) is 6.54 Å². The highest BCUT2D eigenvalue weighted by molar-refractivity contribution is 7.99. The van der Waals surface area contributed by atoms with Crippen LogP contribution in [0, 0.1) is 5.92 Å². The summed E-state index contributed by atoms with van der Waals surface area (Å²) in [4.78, 5) is 0. The van der Waals surface area contributed by atoms with Gasteiger partial charge >= 0.3 is 0 Å². The zero-order valence-corrected chi connectivity index (χ0v) is 9.63. The van der Waals surface area contributed by atoms with E-state index in [2.05, 4.69) is 15.5 Å². The third-order valence-corrected chi connectivity index (χ3v) is 3.80. The van der Waals surface area contributed by atoms with Gasteiger partial charge in [-0.2, -0.15) is 11.8 Å². The maximum absolute atomic E-state index is 5.97. The fourth-order valence-electron chi connectivity index (χ4n) is 1.60. The highest BCUT2D eigenvalue weighted by Gasteiger charge is 2.19.